The lowest BCUT2D eigenvalue weighted by Gasteiger charge is -2.04. The van der Waals surface area contributed by atoms with Gasteiger partial charge in [0.15, 0.2) is 0 Å². The molecule has 0 aliphatic rings. The summed E-state index contributed by atoms with van der Waals surface area (Å²) in [5.41, 5.74) is 1.13. The third-order valence-corrected chi connectivity index (χ3v) is 2.55. The largest absolute Gasteiger partial charge is 0.313 e. The normalized spacial score (nSPS) is 10.1. The summed E-state index contributed by atoms with van der Waals surface area (Å²) in [7, 11) is 0. The van der Waals surface area contributed by atoms with Crippen molar-refractivity contribution in [2.75, 3.05) is 6.54 Å². The number of rotatable bonds is 4. The molecule has 0 amide bonds. The zero-order chi connectivity index (χ0) is 10.6. The van der Waals surface area contributed by atoms with Gasteiger partial charge in [-0.15, -0.1) is 0 Å². The molecular weight excluding hydrogens is 248 g/mol. The van der Waals surface area contributed by atoms with E-state index in [-0.39, 0.29) is 5.69 Å². The standard InChI is InChI=1S/C9H11BrN2O2/c1-2-11-6-7-3-4-8(12(13)14)5-9(7)10/h3-5,11H,2,6H2,1H3. The number of halogens is 1. The predicted molar refractivity (Wildman–Crippen MR) is 58.2 cm³/mol. The molecule has 76 valence electrons. The fourth-order valence-electron chi connectivity index (χ4n) is 1.05. The van der Waals surface area contributed by atoms with Gasteiger partial charge >= 0.3 is 0 Å². The molecule has 0 fully saturated rings. The minimum Gasteiger partial charge on any atom is -0.313 e. The smallest absolute Gasteiger partial charge is 0.270 e. The van der Waals surface area contributed by atoms with Gasteiger partial charge < -0.3 is 5.32 Å². The van der Waals surface area contributed by atoms with E-state index >= 15 is 0 Å². The Labute approximate surface area is 90.6 Å². The van der Waals surface area contributed by atoms with Gasteiger partial charge in [0.1, 0.15) is 0 Å². The molecule has 0 heterocycles. The summed E-state index contributed by atoms with van der Waals surface area (Å²) in [4.78, 5) is 10.0. The highest BCUT2D eigenvalue weighted by molar-refractivity contribution is 9.10. The maximum Gasteiger partial charge on any atom is 0.270 e. The summed E-state index contributed by atoms with van der Waals surface area (Å²) in [6.07, 6.45) is 0. The monoisotopic (exact) mass is 258 g/mol. The van der Waals surface area contributed by atoms with Crippen molar-refractivity contribution in [1.29, 1.82) is 0 Å². The molecule has 5 heteroatoms. The van der Waals surface area contributed by atoms with Crippen molar-refractivity contribution in [3.05, 3.63) is 38.3 Å². The molecule has 1 aromatic carbocycles. The molecule has 1 aromatic rings. The second-order valence-corrected chi connectivity index (χ2v) is 3.67. The second-order valence-electron chi connectivity index (χ2n) is 2.81. The van der Waals surface area contributed by atoms with Gasteiger partial charge in [-0.1, -0.05) is 22.9 Å². The summed E-state index contributed by atoms with van der Waals surface area (Å²) >= 11 is 3.30. The first-order valence-electron chi connectivity index (χ1n) is 4.28. The maximum atomic E-state index is 10.4. The van der Waals surface area contributed by atoms with Gasteiger partial charge in [0.25, 0.3) is 5.69 Å². The summed E-state index contributed by atoms with van der Waals surface area (Å²) in [6, 6.07) is 4.79. The third-order valence-electron chi connectivity index (χ3n) is 1.81. The highest BCUT2D eigenvalue weighted by atomic mass is 79.9. The number of nitro benzene ring substituents is 1. The summed E-state index contributed by atoms with van der Waals surface area (Å²) in [6.45, 7) is 3.61. The highest BCUT2D eigenvalue weighted by Gasteiger charge is 2.08. The fourth-order valence-corrected chi connectivity index (χ4v) is 1.56. The van der Waals surface area contributed by atoms with Crippen LogP contribution in [0.15, 0.2) is 22.7 Å². The number of nitrogens with one attached hydrogen (secondary N) is 1. The molecule has 0 atom stereocenters. The quantitative estimate of drug-likeness (QED) is 0.667. The van der Waals surface area contributed by atoms with E-state index in [2.05, 4.69) is 21.2 Å². The van der Waals surface area contributed by atoms with Gasteiger partial charge in [-0.2, -0.15) is 0 Å². The van der Waals surface area contributed by atoms with Crippen molar-refractivity contribution in [1.82, 2.24) is 5.32 Å². The molecule has 0 aliphatic heterocycles. The Hall–Kier alpha value is -0.940. The van der Waals surface area contributed by atoms with Crippen LogP contribution in [-0.2, 0) is 6.54 Å². The van der Waals surface area contributed by atoms with Crippen LogP contribution in [-0.4, -0.2) is 11.5 Å². The van der Waals surface area contributed by atoms with E-state index in [9.17, 15) is 10.1 Å². The predicted octanol–water partition coefficient (Wildman–Crippen LogP) is 2.47. The first kappa shape index (κ1) is 11.1. The maximum absolute atomic E-state index is 10.4. The first-order valence-corrected chi connectivity index (χ1v) is 5.08. The van der Waals surface area contributed by atoms with E-state index in [1.54, 1.807) is 6.07 Å². The van der Waals surface area contributed by atoms with Crippen molar-refractivity contribution in [3.8, 4) is 0 Å². The van der Waals surface area contributed by atoms with Gasteiger partial charge in [0, 0.05) is 23.2 Å². The molecule has 4 nitrogen and oxygen atoms in total. The second kappa shape index (κ2) is 5.07. The Bertz CT molecular complexity index is 342. The molecule has 0 aliphatic carbocycles. The lowest BCUT2D eigenvalue weighted by atomic mass is 10.2. The van der Waals surface area contributed by atoms with Crippen LogP contribution in [0.4, 0.5) is 5.69 Å². The van der Waals surface area contributed by atoms with Crippen LogP contribution in [0.1, 0.15) is 12.5 Å². The Morgan fingerprint density at radius 2 is 2.29 bits per heavy atom. The van der Waals surface area contributed by atoms with Crippen molar-refractivity contribution in [2.24, 2.45) is 0 Å². The molecule has 0 aromatic heterocycles. The van der Waals surface area contributed by atoms with Crippen molar-refractivity contribution in [3.63, 3.8) is 0 Å². The molecule has 14 heavy (non-hydrogen) atoms. The number of hydrogen-bond donors (Lipinski definition) is 1. The third kappa shape index (κ3) is 2.78. The summed E-state index contributed by atoms with van der Waals surface area (Å²) in [5, 5.41) is 13.6. The van der Waals surface area contributed by atoms with Crippen LogP contribution >= 0.6 is 15.9 Å². The van der Waals surface area contributed by atoms with Crippen molar-refractivity contribution >= 4 is 21.6 Å². The van der Waals surface area contributed by atoms with E-state index in [1.807, 2.05) is 6.92 Å². The molecule has 0 radical (unpaired) electrons. The number of non-ortho nitro benzene ring substituents is 1. The van der Waals surface area contributed by atoms with Gasteiger partial charge in [0.2, 0.25) is 0 Å². The summed E-state index contributed by atoms with van der Waals surface area (Å²) < 4.78 is 0.771. The molecule has 1 rings (SSSR count). The van der Waals surface area contributed by atoms with Crippen LogP contribution in [0.25, 0.3) is 0 Å². The Morgan fingerprint density at radius 3 is 2.79 bits per heavy atom. The minimum absolute atomic E-state index is 0.108. The Morgan fingerprint density at radius 1 is 1.57 bits per heavy atom. The number of nitrogens with zero attached hydrogens (tertiary/aromatic N) is 1. The Kier molecular flexibility index (Phi) is 4.03. The highest BCUT2D eigenvalue weighted by Crippen LogP contribution is 2.22. The van der Waals surface area contributed by atoms with Crippen molar-refractivity contribution in [2.45, 2.75) is 13.5 Å². The Balaban J connectivity index is 2.84. The van der Waals surface area contributed by atoms with Crippen LogP contribution in [0, 0.1) is 10.1 Å². The SMILES string of the molecule is CCNCc1ccc([N+](=O)[O-])cc1Br. The fraction of sp³-hybridized carbons (Fsp3) is 0.333. The zero-order valence-corrected chi connectivity index (χ0v) is 9.37. The van der Waals surface area contributed by atoms with Gasteiger partial charge in [-0.3, -0.25) is 10.1 Å². The van der Waals surface area contributed by atoms with Crippen LogP contribution in [0.2, 0.25) is 0 Å². The van der Waals surface area contributed by atoms with Gasteiger partial charge in [-0.25, -0.2) is 0 Å². The molecule has 0 bridgehead atoms. The van der Waals surface area contributed by atoms with Crippen LogP contribution < -0.4 is 5.32 Å². The number of nitro groups is 1. The number of hydrogen-bond acceptors (Lipinski definition) is 3. The first-order chi connectivity index (χ1) is 6.65. The molecular formula is C9H11BrN2O2. The molecule has 0 saturated heterocycles. The van der Waals surface area contributed by atoms with E-state index < -0.39 is 4.92 Å². The van der Waals surface area contributed by atoms with Gasteiger partial charge in [-0.05, 0) is 18.2 Å². The molecule has 0 saturated carbocycles. The molecule has 1 N–H and O–H groups in total. The average molecular weight is 259 g/mol. The van der Waals surface area contributed by atoms with Crippen molar-refractivity contribution < 1.29 is 4.92 Å². The molecule has 0 spiro atoms. The van der Waals surface area contributed by atoms with E-state index in [1.165, 1.54) is 12.1 Å². The lowest BCUT2D eigenvalue weighted by molar-refractivity contribution is -0.384. The topological polar surface area (TPSA) is 55.2 Å². The lowest BCUT2D eigenvalue weighted by Crippen LogP contribution is -2.12. The number of benzene rings is 1. The van der Waals surface area contributed by atoms with Crippen LogP contribution in [0.5, 0.6) is 0 Å². The summed E-state index contributed by atoms with van der Waals surface area (Å²) in [5.74, 6) is 0. The van der Waals surface area contributed by atoms with Gasteiger partial charge in [0.05, 0.1) is 4.92 Å². The molecule has 0 unspecified atom stereocenters. The average Bonchev–Trinajstić information content (AvgIpc) is 2.15. The van der Waals surface area contributed by atoms with E-state index in [0.29, 0.717) is 0 Å². The van der Waals surface area contributed by atoms with E-state index in [4.69, 9.17) is 0 Å². The van der Waals surface area contributed by atoms with E-state index in [0.717, 1.165) is 23.1 Å². The zero-order valence-electron chi connectivity index (χ0n) is 7.79. The minimum atomic E-state index is -0.401. The van der Waals surface area contributed by atoms with Crippen LogP contribution in [0.3, 0.4) is 0 Å².